The van der Waals surface area contributed by atoms with Gasteiger partial charge in [-0.1, -0.05) is 0 Å². The van der Waals surface area contributed by atoms with Crippen LogP contribution in [0.15, 0.2) is 20.7 Å². The summed E-state index contributed by atoms with van der Waals surface area (Å²) in [6, 6.07) is 0. The normalized spacial score (nSPS) is 10.7. The van der Waals surface area contributed by atoms with E-state index in [0.29, 0.717) is 6.42 Å². The van der Waals surface area contributed by atoms with Crippen LogP contribution in [-0.2, 0) is 15.6 Å². The molecule has 0 aliphatic carbocycles. The van der Waals surface area contributed by atoms with Crippen LogP contribution in [0.4, 0.5) is 0 Å². The van der Waals surface area contributed by atoms with Crippen molar-refractivity contribution in [2.24, 2.45) is 0 Å². The number of nitrogens with one attached hydrogen (secondary N) is 1. The highest BCUT2D eigenvalue weighted by atomic mass is 35.7. The summed E-state index contributed by atoms with van der Waals surface area (Å²) < 4.78 is 23.1. The van der Waals surface area contributed by atoms with Gasteiger partial charge in [0.2, 0.25) is 0 Å². The molecule has 0 aromatic carbocycles. The summed E-state index contributed by atoms with van der Waals surface area (Å²) in [6.45, 7) is 1.82. The van der Waals surface area contributed by atoms with Crippen LogP contribution in [0.5, 0.6) is 0 Å². The van der Waals surface area contributed by atoms with Gasteiger partial charge in [0.15, 0.2) is 4.90 Å². The molecule has 0 atom stereocenters. The number of rotatable bonds is 3. The van der Waals surface area contributed by atoms with Crippen molar-refractivity contribution in [2.75, 3.05) is 0 Å². The van der Waals surface area contributed by atoms with Gasteiger partial charge in [-0.2, -0.15) is 0 Å². The van der Waals surface area contributed by atoms with Crippen LogP contribution >= 0.6 is 10.7 Å². The summed E-state index contributed by atoms with van der Waals surface area (Å²) in [5.41, 5.74) is -1.72. The number of aromatic nitrogens is 2. The summed E-state index contributed by atoms with van der Waals surface area (Å²) in [5.74, 6) is 5.34. The van der Waals surface area contributed by atoms with Crippen molar-refractivity contribution < 1.29 is 8.42 Å². The molecule has 0 spiro atoms. The summed E-state index contributed by atoms with van der Waals surface area (Å²) in [5, 5.41) is 0. The number of aryl methyl sites for hydroxylation is 1. The monoisotopic (exact) mass is 276 g/mol. The van der Waals surface area contributed by atoms with Crippen molar-refractivity contribution in [3.63, 3.8) is 0 Å². The van der Waals surface area contributed by atoms with Crippen molar-refractivity contribution in [1.82, 2.24) is 9.55 Å². The number of halogens is 1. The van der Waals surface area contributed by atoms with Gasteiger partial charge in [-0.05, 0) is 6.92 Å². The minimum absolute atomic E-state index is 0.176. The Morgan fingerprint density at radius 1 is 1.47 bits per heavy atom. The lowest BCUT2D eigenvalue weighted by Crippen LogP contribution is -2.32. The lowest BCUT2D eigenvalue weighted by molar-refractivity contribution is 0.599. The number of hydrogen-bond donors (Lipinski definition) is 1. The highest BCUT2D eigenvalue weighted by Gasteiger charge is 2.16. The molecule has 1 rings (SSSR count). The molecule has 0 saturated heterocycles. The van der Waals surface area contributed by atoms with Crippen LogP contribution in [0.25, 0.3) is 0 Å². The maximum Gasteiger partial charge on any atom is 0.328 e. The van der Waals surface area contributed by atoms with Gasteiger partial charge < -0.3 is 0 Å². The third kappa shape index (κ3) is 3.47. The topological polar surface area (TPSA) is 89.0 Å². The van der Waals surface area contributed by atoms with Crippen LogP contribution in [0.3, 0.4) is 0 Å². The molecule has 17 heavy (non-hydrogen) atoms. The predicted octanol–water partition coefficient (Wildman–Crippen LogP) is -0.122. The second-order valence-corrected chi connectivity index (χ2v) is 5.60. The molecule has 1 aromatic rings. The summed E-state index contributed by atoms with van der Waals surface area (Å²) in [4.78, 5) is 23.8. The molecule has 1 aromatic heterocycles. The van der Waals surface area contributed by atoms with E-state index in [0.717, 1.165) is 10.8 Å². The molecule has 92 valence electrons. The first kappa shape index (κ1) is 13.5. The fourth-order valence-electron chi connectivity index (χ4n) is 1.13. The van der Waals surface area contributed by atoms with Gasteiger partial charge in [0.1, 0.15) is 0 Å². The van der Waals surface area contributed by atoms with Crippen LogP contribution in [0, 0.1) is 11.8 Å². The second kappa shape index (κ2) is 5.21. The van der Waals surface area contributed by atoms with Crippen molar-refractivity contribution in [3.8, 4) is 11.8 Å². The minimum Gasteiger partial charge on any atom is -0.298 e. The Balaban J connectivity index is 3.28. The number of nitrogens with zero attached hydrogens (tertiary/aromatic N) is 1. The Bertz CT molecular complexity index is 690. The molecular weight excluding hydrogens is 268 g/mol. The maximum absolute atomic E-state index is 11.3. The zero-order chi connectivity index (χ0) is 13.1. The molecule has 1 heterocycles. The Labute approximate surface area is 102 Å². The molecule has 1 N–H and O–H groups in total. The molecule has 0 saturated carbocycles. The van der Waals surface area contributed by atoms with Gasteiger partial charge in [0.25, 0.3) is 14.6 Å². The Kier molecular flexibility index (Phi) is 4.15. The number of H-pyrrole nitrogens is 1. The van der Waals surface area contributed by atoms with E-state index in [4.69, 9.17) is 10.7 Å². The predicted molar refractivity (Wildman–Crippen MR) is 62.4 cm³/mol. The van der Waals surface area contributed by atoms with Crippen molar-refractivity contribution in [3.05, 3.63) is 27.0 Å². The van der Waals surface area contributed by atoms with Gasteiger partial charge in [-0.15, -0.1) is 11.8 Å². The van der Waals surface area contributed by atoms with Crippen LogP contribution in [0.2, 0.25) is 0 Å². The van der Waals surface area contributed by atoms with Gasteiger partial charge in [-0.3, -0.25) is 14.3 Å². The highest BCUT2D eigenvalue weighted by molar-refractivity contribution is 8.13. The van der Waals surface area contributed by atoms with E-state index in [1.165, 1.54) is 0 Å². The summed E-state index contributed by atoms with van der Waals surface area (Å²) >= 11 is 0. The van der Waals surface area contributed by atoms with Gasteiger partial charge >= 0.3 is 5.69 Å². The van der Waals surface area contributed by atoms with E-state index in [1.54, 1.807) is 6.92 Å². The minimum atomic E-state index is -4.17. The fraction of sp³-hybridized carbons (Fsp3) is 0.333. The lowest BCUT2D eigenvalue weighted by atomic mass is 10.4. The second-order valence-electron chi connectivity index (χ2n) is 3.06. The molecule has 0 bridgehead atoms. The largest absolute Gasteiger partial charge is 0.328 e. The van der Waals surface area contributed by atoms with Crippen molar-refractivity contribution >= 4 is 19.7 Å². The van der Waals surface area contributed by atoms with E-state index in [1.807, 2.05) is 4.98 Å². The molecule has 0 unspecified atom stereocenters. The quantitative estimate of drug-likeness (QED) is 0.616. The lowest BCUT2D eigenvalue weighted by Gasteiger charge is -2.03. The Morgan fingerprint density at radius 3 is 2.65 bits per heavy atom. The average molecular weight is 277 g/mol. The van der Waals surface area contributed by atoms with Gasteiger partial charge in [-0.25, -0.2) is 13.2 Å². The SMILES string of the molecule is CC#CCCn1cc(S(=O)(=O)Cl)c(=O)[nH]c1=O. The molecule has 0 aliphatic heterocycles. The van der Waals surface area contributed by atoms with Crippen LogP contribution < -0.4 is 11.2 Å². The molecule has 0 fully saturated rings. The molecular formula is C9H9ClN2O4S. The van der Waals surface area contributed by atoms with E-state index in [9.17, 15) is 18.0 Å². The first-order chi connectivity index (χ1) is 7.86. The standard InChI is InChI=1S/C9H9ClN2O4S/c1-2-3-4-5-12-6-7(17(10,15)16)8(13)11-9(12)14/h6H,4-5H2,1H3,(H,11,13,14). The van der Waals surface area contributed by atoms with Crippen LogP contribution in [0.1, 0.15) is 13.3 Å². The first-order valence-corrected chi connectivity index (χ1v) is 6.85. The van der Waals surface area contributed by atoms with E-state index in [-0.39, 0.29) is 6.54 Å². The highest BCUT2D eigenvalue weighted by Crippen LogP contribution is 2.07. The van der Waals surface area contributed by atoms with Gasteiger partial charge in [0.05, 0.1) is 0 Å². The van der Waals surface area contributed by atoms with E-state index in [2.05, 4.69) is 11.8 Å². The molecule has 6 nitrogen and oxygen atoms in total. The van der Waals surface area contributed by atoms with Gasteiger partial charge in [0, 0.05) is 29.8 Å². The smallest absolute Gasteiger partial charge is 0.298 e. The van der Waals surface area contributed by atoms with Crippen molar-refractivity contribution in [1.29, 1.82) is 0 Å². The fourth-order valence-corrected chi connectivity index (χ4v) is 1.99. The first-order valence-electron chi connectivity index (χ1n) is 4.54. The summed E-state index contributed by atoms with van der Waals surface area (Å²) in [7, 11) is 0.888. The number of hydrogen-bond acceptors (Lipinski definition) is 4. The zero-order valence-electron chi connectivity index (χ0n) is 8.86. The molecule has 8 heteroatoms. The Morgan fingerprint density at radius 2 is 2.12 bits per heavy atom. The number of aromatic amines is 1. The molecule has 0 radical (unpaired) electrons. The third-order valence-corrected chi connectivity index (χ3v) is 3.21. The van der Waals surface area contributed by atoms with Crippen molar-refractivity contribution in [2.45, 2.75) is 24.8 Å². The maximum atomic E-state index is 11.3. The van der Waals surface area contributed by atoms with Crippen LogP contribution in [-0.4, -0.2) is 18.0 Å². The summed E-state index contributed by atoms with van der Waals surface area (Å²) in [6.07, 6.45) is 1.28. The third-order valence-electron chi connectivity index (χ3n) is 1.90. The zero-order valence-corrected chi connectivity index (χ0v) is 10.4. The Hall–Kier alpha value is -1.52. The average Bonchev–Trinajstić information content (AvgIpc) is 2.19. The van der Waals surface area contributed by atoms with E-state index >= 15 is 0 Å². The van der Waals surface area contributed by atoms with E-state index < -0.39 is 25.2 Å². The molecule has 0 aliphatic rings. The molecule has 0 amide bonds.